The minimum atomic E-state index is -0.521. The summed E-state index contributed by atoms with van der Waals surface area (Å²) in [7, 11) is 0. The Kier molecular flexibility index (Phi) is 4.10. The SMILES string of the molecule is CCCOc1ccccc1-c1nc(Cl)ncc1F. The van der Waals surface area contributed by atoms with Crippen LogP contribution in [0.2, 0.25) is 5.28 Å². The van der Waals surface area contributed by atoms with Crippen molar-refractivity contribution >= 4 is 11.6 Å². The van der Waals surface area contributed by atoms with Crippen LogP contribution in [-0.4, -0.2) is 16.6 Å². The fourth-order valence-electron chi connectivity index (χ4n) is 1.53. The maximum Gasteiger partial charge on any atom is 0.223 e. The molecular formula is C13H12ClFN2O. The summed E-state index contributed by atoms with van der Waals surface area (Å²) in [6, 6.07) is 7.14. The molecule has 5 heteroatoms. The largest absolute Gasteiger partial charge is 0.493 e. The van der Waals surface area contributed by atoms with Crippen LogP contribution in [0.3, 0.4) is 0 Å². The Morgan fingerprint density at radius 1 is 1.33 bits per heavy atom. The Balaban J connectivity index is 2.46. The first-order valence-electron chi connectivity index (χ1n) is 5.62. The van der Waals surface area contributed by atoms with Gasteiger partial charge in [0.15, 0.2) is 5.82 Å². The van der Waals surface area contributed by atoms with E-state index in [4.69, 9.17) is 16.3 Å². The lowest BCUT2D eigenvalue weighted by Crippen LogP contribution is -1.99. The molecule has 2 aromatic rings. The second-order valence-corrected chi connectivity index (χ2v) is 4.02. The number of nitrogens with zero attached hydrogens (tertiary/aromatic N) is 2. The van der Waals surface area contributed by atoms with E-state index in [1.54, 1.807) is 18.2 Å². The Bertz CT molecular complexity index is 548. The van der Waals surface area contributed by atoms with Crippen LogP contribution >= 0.6 is 11.6 Å². The highest BCUT2D eigenvalue weighted by atomic mass is 35.5. The summed E-state index contributed by atoms with van der Waals surface area (Å²) in [4.78, 5) is 7.51. The van der Waals surface area contributed by atoms with Crippen molar-refractivity contribution in [3.8, 4) is 17.0 Å². The van der Waals surface area contributed by atoms with E-state index in [1.807, 2.05) is 13.0 Å². The molecule has 0 amide bonds. The topological polar surface area (TPSA) is 35.0 Å². The monoisotopic (exact) mass is 266 g/mol. The molecule has 18 heavy (non-hydrogen) atoms. The highest BCUT2D eigenvalue weighted by Gasteiger charge is 2.13. The van der Waals surface area contributed by atoms with Crippen molar-refractivity contribution in [2.75, 3.05) is 6.61 Å². The average molecular weight is 267 g/mol. The van der Waals surface area contributed by atoms with Crippen LogP contribution in [0.1, 0.15) is 13.3 Å². The smallest absolute Gasteiger partial charge is 0.223 e. The van der Waals surface area contributed by atoms with E-state index in [9.17, 15) is 4.39 Å². The fourth-order valence-corrected chi connectivity index (χ4v) is 1.67. The highest BCUT2D eigenvalue weighted by molar-refractivity contribution is 6.28. The maximum atomic E-state index is 13.7. The number of hydrogen-bond donors (Lipinski definition) is 0. The van der Waals surface area contributed by atoms with E-state index in [0.717, 1.165) is 12.6 Å². The highest BCUT2D eigenvalue weighted by Crippen LogP contribution is 2.30. The third-order valence-corrected chi connectivity index (χ3v) is 2.50. The predicted octanol–water partition coefficient (Wildman–Crippen LogP) is 3.72. The molecule has 0 aliphatic heterocycles. The molecule has 0 spiro atoms. The fraction of sp³-hybridized carbons (Fsp3) is 0.231. The Morgan fingerprint density at radius 2 is 2.11 bits per heavy atom. The van der Waals surface area contributed by atoms with Crippen LogP contribution in [0.4, 0.5) is 4.39 Å². The zero-order valence-electron chi connectivity index (χ0n) is 9.86. The molecule has 1 aromatic heterocycles. The Labute approximate surface area is 110 Å². The van der Waals surface area contributed by atoms with Crippen LogP contribution in [0.15, 0.2) is 30.5 Å². The van der Waals surface area contributed by atoms with Gasteiger partial charge in [-0.15, -0.1) is 0 Å². The molecule has 0 aliphatic carbocycles. The van der Waals surface area contributed by atoms with Crippen molar-refractivity contribution in [1.29, 1.82) is 0 Å². The van der Waals surface area contributed by atoms with Crippen LogP contribution in [0.25, 0.3) is 11.3 Å². The number of rotatable bonds is 4. The van der Waals surface area contributed by atoms with E-state index in [-0.39, 0.29) is 11.0 Å². The number of ether oxygens (including phenoxy) is 1. The number of hydrogen-bond acceptors (Lipinski definition) is 3. The van der Waals surface area contributed by atoms with Gasteiger partial charge in [-0.05, 0) is 30.2 Å². The lowest BCUT2D eigenvalue weighted by atomic mass is 10.1. The molecule has 0 atom stereocenters. The molecule has 3 nitrogen and oxygen atoms in total. The molecule has 1 aromatic carbocycles. The molecule has 0 saturated carbocycles. The van der Waals surface area contributed by atoms with Crippen LogP contribution in [0.5, 0.6) is 5.75 Å². The van der Waals surface area contributed by atoms with Crippen molar-refractivity contribution < 1.29 is 9.13 Å². The maximum absolute atomic E-state index is 13.7. The van der Waals surface area contributed by atoms with Crippen molar-refractivity contribution in [2.24, 2.45) is 0 Å². The zero-order chi connectivity index (χ0) is 13.0. The molecule has 0 aliphatic rings. The Hall–Kier alpha value is -1.68. The molecule has 94 valence electrons. The summed E-state index contributed by atoms with van der Waals surface area (Å²) in [5.41, 5.74) is 0.731. The minimum absolute atomic E-state index is 0.0108. The molecule has 0 radical (unpaired) electrons. The average Bonchev–Trinajstić information content (AvgIpc) is 2.39. The first kappa shape index (κ1) is 12.8. The summed E-state index contributed by atoms with van der Waals surface area (Å²) in [5, 5.41) is 0.0108. The van der Waals surface area contributed by atoms with Crippen molar-refractivity contribution in [1.82, 2.24) is 9.97 Å². The van der Waals surface area contributed by atoms with E-state index in [0.29, 0.717) is 17.9 Å². The summed E-state index contributed by atoms with van der Waals surface area (Å²) >= 11 is 5.69. The first-order valence-corrected chi connectivity index (χ1v) is 6.00. The summed E-state index contributed by atoms with van der Waals surface area (Å²) in [6.45, 7) is 2.57. The molecule has 0 bridgehead atoms. The van der Waals surface area contributed by atoms with Gasteiger partial charge in [-0.2, -0.15) is 0 Å². The van der Waals surface area contributed by atoms with E-state index in [1.165, 1.54) is 0 Å². The predicted molar refractivity (Wildman–Crippen MR) is 68.2 cm³/mol. The lowest BCUT2D eigenvalue weighted by molar-refractivity contribution is 0.318. The van der Waals surface area contributed by atoms with Crippen molar-refractivity contribution in [3.63, 3.8) is 0 Å². The van der Waals surface area contributed by atoms with Gasteiger partial charge in [-0.3, -0.25) is 0 Å². The summed E-state index contributed by atoms with van der Waals surface area (Å²) in [5.74, 6) is 0.0694. The molecule has 0 N–H and O–H groups in total. The lowest BCUT2D eigenvalue weighted by Gasteiger charge is -2.10. The van der Waals surface area contributed by atoms with E-state index >= 15 is 0 Å². The molecule has 0 unspecified atom stereocenters. The van der Waals surface area contributed by atoms with Gasteiger partial charge in [0.1, 0.15) is 11.4 Å². The quantitative estimate of drug-likeness (QED) is 0.791. The van der Waals surface area contributed by atoms with Gasteiger partial charge < -0.3 is 4.74 Å². The standard InChI is InChI=1S/C13H12ClFN2O/c1-2-7-18-11-6-4-3-5-9(11)12-10(15)8-16-13(14)17-12/h3-6,8H,2,7H2,1H3. The summed E-state index contributed by atoms with van der Waals surface area (Å²) in [6.07, 6.45) is 1.93. The third-order valence-electron chi connectivity index (χ3n) is 2.32. The zero-order valence-corrected chi connectivity index (χ0v) is 10.6. The van der Waals surface area contributed by atoms with E-state index < -0.39 is 5.82 Å². The van der Waals surface area contributed by atoms with E-state index in [2.05, 4.69) is 9.97 Å². The molecule has 0 fully saturated rings. The first-order chi connectivity index (χ1) is 8.72. The molecular weight excluding hydrogens is 255 g/mol. The van der Waals surface area contributed by atoms with Crippen LogP contribution in [-0.2, 0) is 0 Å². The number of aromatic nitrogens is 2. The van der Waals surface area contributed by atoms with Gasteiger partial charge in [0, 0.05) is 5.56 Å². The van der Waals surface area contributed by atoms with Crippen LogP contribution in [0, 0.1) is 5.82 Å². The van der Waals surface area contributed by atoms with Gasteiger partial charge in [-0.1, -0.05) is 19.1 Å². The second-order valence-electron chi connectivity index (χ2n) is 3.68. The van der Waals surface area contributed by atoms with Gasteiger partial charge in [0.25, 0.3) is 0 Å². The third kappa shape index (κ3) is 2.76. The van der Waals surface area contributed by atoms with Gasteiger partial charge in [0.05, 0.1) is 12.8 Å². The number of benzene rings is 1. The van der Waals surface area contributed by atoms with Gasteiger partial charge >= 0.3 is 0 Å². The van der Waals surface area contributed by atoms with Gasteiger partial charge in [-0.25, -0.2) is 14.4 Å². The molecule has 1 heterocycles. The van der Waals surface area contributed by atoms with Gasteiger partial charge in [0.2, 0.25) is 5.28 Å². The molecule has 0 saturated heterocycles. The molecule has 2 rings (SSSR count). The van der Waals surface area contributed by atoms with Crippen molar-refractivity contribution in [3.05, 3.63) is 41.6 Å². The minimum Gasteiger partial charge on any atom is -0.493 e. The Morgan fingerprint density at radius 3 is 2.89 bits per heavy atom. The second kappa shape index (κ2) is 5.78. The van der Waals surface area contributed by atoms with Crippen molar-refractivity contribution in [2.45, 2.75) is 13.3 Å². The number of para-hydroxylation sites is 1. The normalized spacial score (nSPS) is 10.4. The summed E-state index contributed by atoms with van der Waals surface area (Å²) < 4.78 is 19.3. The number of halogens is 2. The van der Waals surface area contributed by atoms with Crippen LogP contribution < -0.4 is 4.74 Å².